The van der Waals surface area contributed by atoms with Gasteiger partial charge in [-0.25, -0.2) is 4.98 Å². The highest BCUT2D eigenvalue weighted by Crippen LogP contribution is 2.36. The number of pyridine rings is 1. The largest absolute Gasteiger partial charge is 0.355 e. The van der Waals surface area contributed by atoms with Crippen LogP contribution in [0.5, 0.6) is 0 Å². The number of benzene rings is 1. The topological polar surface area (TPSA) is 76.4 Å². The van der Waals surface area contributed by atoms with E-state index in [1.54, 1.807) is 23.2 Å². The van der Waals surface area contributed by atoms with Crippen LogP contribution in [0.25, 0.3) is 11.7 Å². The molecule has 184 valence electrons. The minimum absolute atomic E-state index is 0.206. The van der Waals surface area contributed by atoms with Gasteiger partial charge in [0.05, 0.1) is 30.2 Å². The normalized spacial score (nSPS) is 20.8. The number of carbonyl (C=O) groups excluding carboxylic acids is 1. The van der Waals surface area contributed by atoms with Gasteiger partial charge in [0.15, 0.2) is 5.79 Å². The van der Waals surface area contributed by atoms with E-state index in [0.29, 0.717) is 71.9 Å². The Bertz CT molecular complexity index is 1420. The second-order valence-corrected chi connectivity index (χ2v) is 10.6. The molecule has 0 atom stereocenters. The number of thiocarbonyl (C=S) groups is 1. The molecular weight excluding hydrogens is 496 g/mol. The quantitative estimate of drug-likeness (QED) is 0.383. The second-order valence-electron chi connectivity index (χ2n) is 8.93. The Morgan fingerprint density at radius 3 is 2.50 bits per heavy atom. The molecule has 3 aromatic rings. The van der Waals surface area contributed by atoms with Crippen LogP contribution in [0.4, 0.5) is 5.82 Å². The smallest absolute Gasteiger partial charge is 0.267 e. The van der Waals surface area contributed by atoms with Gasteiger partial charge in [-0.3, -0.25) is 18.9 Å². The molecule has 2 aromatic heterocycles. The molecule has 3 aliphatic rings. The van der Waals surface area contributed by atoms with Gasteiger partial charge in [-0.15, -0.1) is 0 Å². The molecule has 3 saturated heterocycles. The van der Waals surface area contributed by atoms with Gasteiger partial charge in [0, 0.05) is 32.1 Å². The molecule has 3 aliphatic heterocycles. The number of hydrogen-bond acceptors (Lipinski definition) is 8. The molecule has 0 N–H and O–H groups in total. The van der Waals surface area contributed by atoms with Crippen LogP contribution in [0.1, 0.15) is 24.0 Å². The van der Waals surface area contributed by atoms with E-state index >= 15 is 0 Å². The average molecular weight is 521 g/mol. The molecule has 0 aliphatic carbocycles. The molecule has 1 aromatic carbocycles. The Kier molecular flexibility index (Phi) is 6.12. The van der Waals surface area contributed by atoms with E-state index in [2.05, 4.69) is 4.90 Å². The predicted octanol–water partition coefficient (Wildman–Crippen LogP) is 3.44. The fourth-order valence-corrected chi connectivity index (χ4v) is 6.07. The fraction of sp³-hybridized carbons (Fsp3) is 0.308. The molecule has 10 heteroatoms. The van der Waals surface area contributed by atoms with Crippen molar-refractivity contribution in [1.29, 1.82) is 0 Å². The highest BCUT2D eigenvalue weighted by molar-refractivity contribution is 8.26. The SMILES string of the molecule is O=C1C(=Cc2c(N3CCC4(CC3)OCCO4)nc3ccccn3c2=O)SC(=S)N1Cc1ccccc1. The predicted molar refractivity (Wildman–Crippen MR) is 143 cm³/mol. The van der Waals surface area contributed by atoms with E-state index in [-0.39, 0.29) is 11.5 Å². The van der Waals surface area contributed by atoms with Crippen LogP contribution < -0.4 is 10.5 Å². The first kappa shape index (κ1) is 23.4. The van der Waals surface area contributed by atoms with E-state index in [1.165, 1.54) is 16.2 Å². The summed E-state index contributed by atoms with van der Waals surface area (Å²) < 4.78 is 13.7. The van der Waals surface area contributed by atoms with Crippen LogP contribution in [0, 0.1) is 0 Å². The van der Waals surface area contributed by atoms with Crippen molar-refractivity contribution in [1.82, 2.24) is 14.3 Å². The Morgan fingerprint density at radius 2 is 1.75 bits per heavy atom. The first-order chi connectivity index (χ1) is 17.5. The summed E-state index contributed by atoms with van der Waals surface area (Å²) in [5.74, 6) is -0.183. The number of nitrogens with zero attached hydrogens (tertiary/aromatic N) is 4. The van der Waals surface area contributed by atoms with Crippen molar-refractivity contribution in [2.45, 2.75) is 25.2 Å². The van der Waals surface area contributed by atoms with E-state index in [9.17, 15) is 9.59 Å². The van der Waals surface area contributed by atoms with Crippen LogP contribution in [0.15, 0.2) is 64.4 Å². The summed E-state index contributed by atoms with van der Waals surface area (Å²) in [4.78, 5) is 35.9. The van der Waals surface area contributed by atoms with Gasteiger partial charge < -0.3 is 14.4 Å². The molecule has 5 heterocycles. The zero-order valence-corrected chi connectivity index (χ0v) is 21.1. The molecular formula is C26H24N4O4S2. The lowest BCUT2D eigenvalue weighted by Gasteiger charge is -2.38. The van der Waals surface area contributed by atoms with Gasteiger partial charge in [-0.1, -0.05) is 60.4 Å². The van der Waals surface area contributed by atoms with E-state index in [4.69, 9.17) is 26.7 Å². The summed E-state index contributed by atoms with van der Waals surface area (Å²) in [6.07, 6.45) is 4.71. The Hall–Kier alpha value is -3.05. The van der Waals surface area contributed by atoms with Crippen molar-refractivity contribution >= 4 is 51.7 Å². The molecule has 6 rings (SSSR count). The number of rotatable bonds is 4. The summed E-state index contributed by atoms with van der Waals surface area (Å²) in [5, 5.41) is 0. The van der Waals surface area contributed by atoms with Gasteiger partial charge >= 0.3 is 0 Å². The lowest BCUT2D eigenvalue weighted by Crippen LogP contribution is -2.46. The standard InChI is InChI=1S/C26H24N4O4S2/c31-23-19(16-20-24(32)30(25(35)36-20)17-18-6-2-1-3-7-18)22(27-21-8-4-5-11-29(21)23)28-12-9-26(10-13-28)33-14-15-34-26/h1-8,11,16H,9-10,12-15,17H2. The van der Waals surface area contributed by atoms with Gasteiger partial charge in [0.25, 0.3) is 11.5 Å². The lowest BCUT2D eigenvalue weighted by molar-refractivity contribution is -0.169. The van der Waals surface area contributed by atoms with E-state index in [1.807, 2.05) is 42.5 Å². The van der Waals surface area contributed by atoms with Crippen LogP contribution in [0.3, 0.4) is 0 Å². The molecule has 0 radical (unpaired) electrons. The average Bonchev–Trinajstić information content (AvgIpc) is 3.46. The zero-order valence-electron chi connectivity index (χ0n) is 19.5. The number of fused-ring (bicyclic) bond motifs is 1. The molecule has 3 fully saturated rings. The van der Waals surface area contributed by atoms with Gasteiger partial charge in [0.1, 0.15) is 15.8 Å². The molecule has 0 saturated carbocycles. The first-order valence-corrected chi connectivity index (χ1v) is 13.1. The Morgan fingerprint density at radius 1 is 1.03 bits per heavy atom. The third kappa shape index (κ3) is 4.24. The van der Waals surface area contributed by atoms with Gasteiger partial charge in [0.2, 0.25) is 0 Å². The van der Waals surface area contributed by atoms with Crippen molar-refractivity contribution in [3.8, 4) is 0 Å². The Labute approximate surface area is 217 Å². The van der Waals surface area contributed by atoms with Crippen molar-refractivity contribution in [3.63, 3.8) is 0 Å². The fourth-order valence-electron chi connectivity index (χ4n) is 4.84. The highest BCUT2D eigenvalue weighted by Gasteiger charge is 2.41. The zero-order chi connectivity index (χ0) is 24.7. The lowest BCUT2D eigenvalue weighted by atomic mass is 10.0. The van der Waals surface area contributed by atoms with Crippen LogP contribution in [0.2, 0.25) is 0 Å². The number of thioether (sulfide) groups is 1. The number of hydrogen-bond donors (Lipinski definition) is 0. The third-order valence-electron chi connectivity index (χ3n) is 6.72. The summed E-state index contributed by atoms with van der Waals surface area (Å²) in [5.41, 5.74) is 1.70. The van der Waals surface area contributed by atoms with E-state index in [0.717, 1.165) is 5.56 Å². The number of amides is 1. The highest BCUT2D eigenvalue weighted by atomic mass is 32.2. The van der Waals surface area contributed by atoms with Crippen LogP contribution in [-0.2, 0) is 20.8 Å². The maximum Gasteiger partial charge on any atom is 0.267 e. The third-order valence-corrected chi connectivity index (χ3v) is 8.10. The van der Waals surface area contributed by atoms with E-state index < -0.39 is 5.79 Å². The number of piperidine rings is 1. The van der Waals surface area contributed by atoms with Crippen molar-refractivity contribution in [2.75, 3.05) is 31.2 Å². The van der Waals surface area contributed by atoms with Crippen LogP contribution in [-0.4, -0.2) is 56.6 Å². The van der Waals surface area contributed by atoms with Crippen LogP contribution >= 0.6 is 24.0 Å². The number of anilines is 1. The minimum Gasteiger partial charge on any atom is -0.355 e. The summed E-state index contributed by atoms with van der Waals surface area (Å²) in [6.45, 7) is 2.85. The van der Waals surface area contributed by atoms with Crippen molar-refractivity contribution in [3.05, 3.63) is 81.1 Å². The maximum atomic E-state index is 13.6. The summed E-state index contributed by atoms with van der Waals surface area (Å²) >= 11 is 6.74. The summed E-state index contributed by atoms with van der Waals surface area (Å²) in [7, 11) is 0. The molecule has 8 nitrogen and oxygen atoms in total. The Balaban J connectivity index is 1.36. The van der Waals surface area contributed by atoms with Crippen molar-refractivity contribution < 1.29 is 14.3 Å². The molecule has 1 spiro atoms. The second kappa shape index (κ2) is 9.44. The molecule has 36 heavy (non-hydrogen) atoms. The maximum absolute atomic E-state index is 13.6. The molecule has 0 unspecified atom stereocenters. The summed E-state index contributed by atoms with van der Waals surface area (Å²) in [6, 6.07) is 15.2. The minimum atomic E-state index is -0.539. The molecule has 0 bridgehead atoms. The first-order valence-electron chi connectivity index (χ1n) is 11.9. The number of aromatic nitrogens is 2. The molecule has 1 amide bonds. The number of ether oxygens (including phenoxy) is 2. The van der Waals surface area contributed by atoms with Gasteiger partial charge in [-0.2, -0.15) is 0 Å². The van der Waals surface area contributed by atoms with Crippen molar-refractivity contribution in [2.24, 2.45) is 0 Å². The van der Waals surface area contributed by atoms with Gasteiger partial charge in [-0.05, 0) is 23.8 Å². The monoisotopic (exact) mass is 520 g/mol. The number of carbonyl (C=O) groups is 1.